The first-order valence-corrected chi connectivity index (χ1v) is 8.50. The molecule has 0 aliphatic heterocycles. The molecule has 22 heavy (non-hydrogen) atoms. The van der Waals surface area contributed by atoms with Crippen LogP contribution in [0, 0.1) is 0 Å². The Morgan fingerprint density at radius 3 is 2.82 bits per heavy atom. The van der Waals surface area contributed by atoms with Crippen molar-refractivity contribution < 1.29 is 9.53 Å². The van der Waals surface area contributed by atoms with E-state index in [1.165, 1.54) is 35.3 Å². The first-order valence-electron chi connectivity index (χ1n) is 7.62. The number of rotatable bonds is 4. The third-order valence-electron chi connectivity index (χ3n) is 4.06. The third kappa shape index (κ3) is 2.74. The monoisotopic (exact) mass is 316 g/mol. The number of ether oxygens (including phenoxy) is 1. The van der Waals surface area contributed by atoms with E-state index in [0.29, 0.717) is 17.2 Å². The SMILES string of the molecule is CCOC(=O)c1c(-c2ccc3c(c2)CCCC3)csc1NN. The van der Waals surface area contributed by atoms with Crippen LogP contribution in [0.4, 0.5) is 5.00 Å². The van der Waals surface area contributed by atoms with Gasteiger partial charge in [0.2, 0.25) is 0 Å². The summed E-state index contributed by atoms with van der Waals surface area (Å²) in [5, 5.41) is 2.61. The maximum atomic E-state index is 12.3. The summed E-state index contributed by atoms with van der Waals surface area (Å²) in [5.41, 5.74) is 7.91. The molecular formula is C17H20N2O2S. The quantitative estimate of drug-likeness (QED) is 0.512. The summed E-state index contributed by atoms with van der Waals surface area (Å²) in [7, 11) is 0. The van der Waals surface area contributed by atoms with E-state index in [9.17, 15) is 4.79 Å². The van der Waals surface area contributed by atoms with Crippen molar-refractivity contribution in [1.29, 1.82) is 0 Å². The zero-order valence-corrected chi connectivity index (χ0v) is 13.5. The van der Waals surface area contributed by atoms with Crippen molar-refractivity contribution in [3.63, 3.8) is 0 Å². The van der Waals surface area contributed by atoms with Crippen LogP contribution >= 0.6 is 11.3 Å². The van der Waals surface area contributed by atoms with Crippen LogP contribution in [-0.2, 0) is 17.6 Å². The summed E-state index contributed by atoms with van der Waals surface area (Å²) in [6.45, 7) is 2.15. The highest BCUT2D eigenvalue weighted by molar-refractivity contribution is 7.15. The zero-order valence-electron chi connectivity index (χ0n) is 12.6. The normalized spacial score (nSPS) is 13.5. The largest absolute Gasteiger partial charge is 0.462 e. The fraction of sp³-hybridized carbons (Fsp3) is 0.353. The van der Waals surface area contributed by atoms with Crippen LogP contribution in [0.3, 0.4) is 0 Å². The van der Waals surface area contributed by atoms with Crippen molar-refractivity contribution in [1.82, 2.24) is 0 Å². The van der Waals surface area contributed by atoms with Crippen LogP contribution in [0.2, 0.25) is 0 Å². The van der Waals surface area contributed by atoms with E-state index in [1.807, 2.05) is 5.38 Å². The highest BCUT2D eigenvalue weighted by Gasteiger charge is 2.21. The molecule has 3 rings (SSSR count). The van der Waals surface area contributed by atoms with Crippen molar-refractivity contribution in [3.8, 4) is 11.1 Å². The number of esters is 1. The number of carbonyl (C=O) groups excluding carboxylic acids is 1. The number of anilines is 1. The molecule has 0 radical (unpaired) electrons. The highest BCUT2D eigenvalue weighted by atomic mass is 32.1. The van der Waals surface area contributed by atoms with Gasteiger partial charge < -0.3 is 10.2 Å². The van der Waals surface area contributed by atoms with E-state index in [0.717, 1.165) is 24.0 Å². The Balaban J connectivity index is 2.04. The van der Waals surface area contributed by atoms with Gasteiger partial charge in [0.15, 0.2) is 0 Å². The second kappa shape index (κ2) is 6.50. The number of carbonyl (C=O) groups is 1. The molecule has 1 aliphatic rings. The standard InChI is InChI=1S/C17H20N2O2S/c1-2-21-17(20)15-14(10-22-16(15)19-18)13-8-7-11-5-3-4-6-12(11)9-13/h7-10,19H,2-6,18H2,1H3. The van der Waals surface area contributed by atoms with Gasteiger partial charge in [0.05, 0.1) is 6.61 Å². The number of thiophene rings is 1. The molecule has 0 saturated carbocycles. The molecule has 1 aromatic carbocycles. The number of aryl methyl sites for hydroxylation is 2. The molecule has 0 unspecified atom stereocenters. The molecule has 0 amide bonds. The molecule has 116 valence electrons. The second-order valence-electron chi connectivity index (χ2n) is 5.41. The number of nitrogens with two attached hydrogens (primary N) is 1. The van der Waals surface area contributed by atoms with Gasteiger partial charge >= 0.3 is 5.97 Å². The minimum atomic E-state index is -0.329. The topological polar surface area (TPSA) is 64.3 Å². The summed E-state index contributed by atoms with van der Waals surface area (Å²) in [6, 6.07) is 6.49. The van der Waals surface area contributed by atoms with E-state index < -0.39 is 0 Å². The van der Waals surface area contributed by atoms with Crippen LogP contribution < -0.4 is 11.3 Å². The summed E-state index contributed by atoms with van der Waals surface area (Å²) < 4.78 is 5.18. The number of nitrogen functional groups attached to an aromatic ring is 1. The minimum absolute atomic E-state index is 0.329. The number of hydrazine groups is 1. The molecule has 1 heterocycles. The predicted octanol–water partition coefficient (Wildman–Crippen LogP) is 3.76. The van der Waals surface area contributed by atoms with E-state index in [1.54, 1.807) is 6.92 Å². The van der Waals surface area contributed by atoms with Gasteiger partial charge in [-0.25, -0.2) is 10.6 Å². The first kappa shape index (κ1) is 15.1. The van der Waals surface area contributed by atoms with Crippen molar-refractivity contribution in [2.45, 2.75) is 32.6 Å². The fourth-order valence-corrected chi connectivity index (χ4v) is 3.85. The van der Waals surface area contributed by atoms with Crippen molar-refractivity contribution in [2.75, 3.05) is 12.0 Å². The lowest BCUT2D eigenvalue weighted by Crippen LogP contribution is -2.12. The molecule has 4 nitrogen and oxygen atoms in total. The predicted molar refractivity (Wildman–Crippen MR) is 90.2 cm³/mol. The van der Waals surface area contributed by atoms with Gasteiger partial charge in [0, 0.05) is 10.9 Å². The maximum absolute atomic E-state index is 12.3. The fourth-order valence-electron chi connectivity index (χ4n) is 2.98. The van der Waals surface area contributed by atoms with Gasteiger partial charge in [-0.15, -0.1) is 11.3 Å². The molecule has 0 saturated heterocycles. The molecule has 1 aromatic heterocycles. The number of fused-ring (bicyclic) bond motifs is 1. The van der Waals surface area contributed by atoms with Crippen LogP contribution in [0.1, 0.15) is 41.3 Å². The van der Waals surface area contributed by atoms with Gasteiger partial charge in [-0.1, -0.05) is 18.2 Å². The van der Waals surface area contributed by atoms with Crippen molar-refractivity contribution >= 4 is 22.3 Å². The number of benzene rings is 1. The van der Waals surface area contributed by atoms with Crippen LogP contribution in [0.15, 0.2) is 23.6 Å². The molecule has 0 atom stereocenters. The summed E-state index contributed by atoms with van der Waals surface area (Å²) in [4.78, 5) is 12.3. The van der Waals surface area contributed by atoms with Crippen LogP contribution in [0.5, 0.6) is 0 Å². The molecule has 0 bridgehead atoms. The molecule has 5 heteroatoms. The zero-order chi connectivity index (χ0) is 15.5. The smallest absolute Gasteiger partial charge is 0.341 e. The molecule has 1 aliphatic carbocycles. The minimum Gasteiger partial charge on any atom is -0.462 e. The average Bonchev–Trinajstić information content (AvgIpc) is 2.98. The van der Waals surface area contributed by atoms with E-state index >= 15 is 0 Å². The van der Waals surface area contributed by atoms with Gasteiger partial charge in [-0.05, 0) is 49.3 Å². The Labute approximate surface area is 134 Å². The third-order valence-corrected chi connectivity index (χ3v) is 4.97. The molecule has 2 aromatic rings. The van der Waals surface area contributed by atoms with Crippen LogP contribution in [-0.4, -0.2) is 12.6 Å². The lowest BCUT2D eigenvalue weighted by Gasteiger charge is -2.16. The first-order chi connectivity index (χ1) is 10.7. The molecule has 3 N–H and O–H groups in total. The Morgan fingerprint density at radius 1 is 1.32 bits per heavy atom. The molecule has 0 fully saturated rings. The Kier molecular flexibility index (Phi) is 4.45. The Bertz CT molecular complexity index is 694. The molecular weight excluding hydrogens is 296 g/mol. The van der Waals surface area contributed by atoms with Gasteiger partial charge in [-0.3, -0.25) is 0 Å². The maximum Gasteiger partial charge on any atom is 0.341 e. The number of hydrogen-bond donors (Lipinski definition) is 2. The average molecular weight is 316 g/mol. The number of hydrogen-bond acceptors (Lipinski definition) is 5. The molecule has 0 spiro atoms. The van der Waals surface area contributed by atoms with E-state index in [4.69, 9.17) is 10.6 Å². The second-order valence-corrected chi connectivity index (χ2v) is 6.29. The van der Waals surface area contributed by atoms with Crippen molar-refractivity contribution in [2.24, 2.45) is 5.84 Å². The highest BCUT2D eigenvalue weighted by Crippen LogP contribution is 2.37. The summed E-state index contributed by atoms with van der Waals surface area (Å²) in [5.74, 6) is 5.21. The lowest BCUT2D eigenvalue weighted by atomic mass is 9.89. The van der Waals surface area contributed by atoms with Gasteiger partial charge in [0.1, 0.15) is 10.6 Å². The summed E-state index contributed by atoms with van der Waals surface area (Å²) in [6.07, 6.45) is 4.77. The van der Waals surface area contributed by atoms with Crippen molar-refractivity contribution in [3.05, 3.63) is 40.3 Å². The summed E-state index contributed by atoms with van der Waals surface area (Å²) >= 11 is 1.43. The van der Waals surface area contributed by atoms with Crippen LogP contribution in [0.25, 0.3) is 11.1 Å². The van der Waals surface area contributed by atoms with E-state index in [2.05, 4.69) is 23.6 Å². The van der Waals surface area contributed by atoms with E-state index in [-0.39, 0.29) is 5.97 Å². The Hall–Kier alpha value is -1.85. The van der Waals surface area contributed by atoms with Gasteiger partial charge in [0.25, 0.3) is 0 Å². The van der Waals surface area contributed by atoms with Gasteiger partial charge in [-0.2, -0.15) is 0 Å². The number of nitrogens with one attached hydrogen (secondary N) is 1. The lowest BCUT2D eigenvalue weighted by molar-refractivity contribution is 0.0529. The Morgan fingerprint density at radius 2 is 2.09 bits per heavy atom.